The van der Waals surface area contributed by atoms with Gasteiger partial charge in [-0.3, -0.25) is 10.1 Å². The Labute approximate surface area is 88.6 Å². The van der Waals surface area contributed by atoms with Crippen molar-refractivity contribution >= 4 is 6.08 Å². The van der Waals surface area contributed by atoms with E-state index >= 15 is 0 Å². The Kier molecular flexibility index (Phi) is 6.92. The zero-order valence-corrected chi connectivity index (χ0v) is 8.93. The van der Waals surface area contributed by atoms with Gasteiger partial charge in [-0.25, -0.2) is 0 Å². The number of aliphatic hydroxyl groups excluding tert-OH is 1. The zero-order valence-electron chi connectivity index (χ0n) is 8.93. The van der Waals surface area contributed by atoms with Crippen molar-refractivity contribution in [1.29, 1.82) is 0 Å². The number of aromatic nitrogens is 1. The van der Waals surface area contributed by atoms with Crippen molar-refractivity contribution < 1.29 is 10.0 Å². The number of rotatable bonds is 4. The van der Waals surface area contributed by atoms with Crippen LogP contribution in [-0.4, -0.2) is 21.6 Å². The summed E-state index contributed by atoms with van der Waals surface area (Å²) in [5, 5.41) is 19.0. The molecule has 0 fully saturated rings. The van der Waals surface area contributed by atoms with Crippen molar-refractivity contribution in [3.63, 3.8) is 0 Å². The zero-order chi connectivity index (χ0) is 11.7. The second kappa shape index (κ2) is 7.75. The first-order chi connectivity index (χ1) is 7.24. The third-order valence-corrected chi connectivity index (χ3v) is 1.55. The molecule has 0 aliphatic heterocycles. The van der Waals surface area contributed by atoms with Gasteiger partial charge in [-0.15, -0.1) is 0 Å². The van der Waals surface area contributed by atoms with E-state index in [1.807, 2.05) is 13.8 Å². The third kappa shape index (κ3) is 4.97. The van der Waals surface area contributed by atoms with Gasteiger partial charge >= 0.3 is 0 Å². The van der Waals surface area contributed by atoms with Gasteiger partial charge in [-0.1, -0.05) is 13.8 Å². The van der Waals surface area contributed by atoms with Gasteiger partial charge < -0.3 is 10.1 Å². The fraction of sp³-hybridized carbons (Fsp3) is 0.400. The number of nitrogens with zero attached hydrogens (tertiary/aromatic N) is 1. The highest BCUT2D eigenvalue weighted by Gasteiger charge is 2.09. The van der Waals surface area contributed by atoms with Gasteiger partial charge in [0.1, 0.15) is 0 Å². The van der Waals surface area contributed by atoms with E-state index in [0.29, 0.717) is 5.69 Å². The van der Waals surface area contributed by atoms with Gasteiger partial charge in [0.25, 0.3) is 5.70 Å². The van der Waals surface area contributed by atoms with Crippen LogP contribution in [0.3, 0.4) is 0 Å². The molecule has 5 heteroatoms. The number of aromatic amines is 1. The quantitative estimate of drug-likeness (QED) is 0.592. The van der Waals surface area contributed by atoms with E-state index in [1.54, 1.807) is 18.3 Å². The first-order valence-corrected chi connectivity index (χ1v) is 4.83. The molecule has 1 rings (SSSR count). The molecular weight excluding hydrogens is 196 g/mol. The molecule has 0 saturated heterocycles. The minimum absolute atomic E-state index is 0.00458. The molecule has 2 N–H and O–H groups in total. The van der Waals surface area contributed by atoms with Crippen molar-refractivity contribution in [3.05, 3.63) is 39.8 Å². The van der Waals surface area contributed by atoms with Crippen LogP contribution in [0, 0.1) is 10.1 Å². The van der Waals surface area contributed by atoms with Gasteiger partial charge in [0, 0.05) is 18.0 Å². The highest BCUT2D eigenvalue weighted by molar-refractivity contribution is 5.46. The Morgan fingerprint density at radius 1 is 1.67 bits per heavy atom. The number of hydrogen-bond acceptors (Lipinski definition) is 3. The first kappa shape index (κ1) is 13.4. The number of H-pyrrole nitrogens is 1. The number of nitro groups is 1. The second-order valence-corrected chi connectivity index (χ2v) is 2.49. The number of hydrogen-bond donors (Lipinski definition) is 2. The number of nitrogens with one attached hydrogen (secondary N) is 1. The van der Waals surface area contributed by atoms with E-state index in [0.717, 1.165) is 0 Å². The van der Waals surface area contributed by atoms with E-state index < -0.39 is 4.92 Å². The molecule has 5 nitrogen and oxygen atoms in total. The summed E-state index contributed by atoms with van der Waals surface area (Å²) in [7, 11) is 0. The van der Waals surface area contributed by atoms with E-state index in [4.69, 9.17) is 5.11 Å². The van der Waals surface area contributed by atoms with Crippen LogP contribution >= 0.6 is 0 Å². The smallest absolute Gasteiger partial charge is 0.250 e. The molecular formula is C10H16N2O3. The Balaban J connectivity index is 0.000000921. The van der Waals surface area contributed by atoms with Gasteiger partial charge in [0.2, 0.25) is 0 Å². The minimum Gasteiger partial charge on any atom is -0.396 e. The topological polar surface area (TPSA) is 79.2 Å². The van der Waals surface area contributed by atoms with Crippen molar-refractivity contribution in [2.75, 3.05) is 6.61 Å². The normalized spacial score (nSPS) is 10.5. The summed E-state index contributed by atoms with van der Waals surface area (Å²) in [5.74, 6) is 0. The lowest BCUT2D eigenvalue weighted by Crippen LogP contribution is -2.00. The van der Waals surface area contributed by atoms with E-state index in [2.05, 4.69) is 4.98 Å². The van der Waals surface area contributed by atoms with Gasteiger partial charge in [-0.05, 0) is 12.1 Å². The molecule has 0 spiro atoms. The maximum absolute atomic E-state index is 10.4. The Hall–Kier alpha value is -1.62. The molecule has 0 aromatic carbocycles. The summed E-state index contributed by atoms with van der Waals surface area (Å²) in [6, 6.07) is 3.48. The summed E-state index contributed by atoms with van der Waals surface area (Å²) in [6.45, 7) is 3.79. The molecule has 0 atom stereocenters. The maximum Gasteiger partial charge on any atom is 0.250 e. The van der Waals surface area contributed by atoms with E-state index in [9.17, 15) is 10.1 Å². The molecule has 0 saturated carbocycles. The van der Waals surface area contributed by atoms with Crippen LogP contribution in [0.2, 0.25) is 0 Å². The predicted octanol–water partition coefficient (Wildman–Crippen LogP) is 2.04. The minimum atomic E-state index is -0.489. The lowest BCUT2D eigenvalue weighted by atomic mass is 10.3. The molecule has 0 radical (unpaired) electrons. The molecule has 1 aromatic rings. The van der Waals surface area contributed by atoms with Crippen molar-refractivity contribution in [3.8, 4) is 0 Å². The fourth-order valence-corrected chi connectivity index (χ4v) is 0.944. The molecule has 1 heterocycles. The van der Waals surface area contributed by atoms with Crippen LogP contribution in [0.5, 0.6) is 0 Å². The van der Waals surface area contributed by atoms with Crippen LogP contribution < -0.4 is 0 Å². The molecule has 84 valence electrons. The molecule has 1 aromatic heterocycles. The van der Waals surface area contributed by atoms with Gasteiger partial charge in [0.15, 0.2) is 0 Å². The highest BCUT2D eigenvalue weighted by Crippen LogP contribution is 2.07. The SMILES string of the molecule is CC.O=[N+]([O-])/C(=C/c1ccc[nH]1)CCO. The Morgan fingerprint density at radius 2 is 2.33 bits per heavy atom. The van der Waals surface area contributed by atoms with Crippen LogP contribution in [0.1, 0.15) is 26.0 Å². The van der Waals surface area contributed by atoms with Crippen LogP contribution in [0.15, 0.2) is 24.0 Å². The fourth-order valence-electron chi connectivity index (χ4n) is 0.944. The van der Waals surface area contributed by atoms with Crippen molar-refractivity contribution in [2.45, 2.75) is 20.3 Å². The van der Waals surface area contributed by atoms with E-state index in [1.165, 1.54) is 6.08 Å². The van der Waals surface area contributed by atoms with Crippen LogP contribution in [-0.2, 0) is 0 Å². The Morgan fingerprint density at radius 3 is 2.73 bits per heavy atom. The summed E-state index contributed by atoms with van der Waals surface area (Å²) in [6.07, 6.45) is 3.16. The van der Waals surface area contributed by atoms with Gasteiger partial charge in [-0.2, -0.15) is 0 Å². The van der Waals surface area contributed by atoms with E-state index in [-0.39, 0.29) is 18.7 Å². The van der Waals surface area contributed by atoms with Gasteiger partial charge in [0.05, 0.1) is 18.0 Å². The van der Waals surface area contributed by atoms with Crippen molar-refractivity contribution in [1.82, 2.24) is 4.98 Å². The highest BCUT2D eigenvalue weighted by atomic mass is 16.6. The molecule has 15 heavy (non-hydrogen) atoms. The van der Waals surface area contributed by atoms with Crippen LogP contribution in [0.4, 0.5) is 0 Å². The van der Waals surface area contributed by atoms with Crippen molar-refractivity contribution in [2.24, 2.45) is 0 Å². The standard InChI is InChI=1S/C8H10N2O3.C2H6/c11-5-3-8(10(12)13)6-7-2-1-4-9-7;1-2/h1-2,4,6,9,11H,3,5H2;1-2H3/b8-6+;. The lowest BCUT2D eigenvalue weighted by Gasteiger charge is -1.94. The molecule has 0 aliphatic carbocycles. The maximum atomic E-state index is 10.4. The summed E-state index contributed by atoms with van der Waals surface area (Å²) < 4.78 is 0. The van der Waals surface area contributed by atoms with Crippen LogP contribution in [0.25, 0.3) is 6.08 Å². The first-order valence-electron chi connectivity index (χ1n) is 4.83. The monoisotopic (exact) mass is 212 g/mol. The molecule has 0 unspecified atom stereocenters. The average Bonchev–Trinajstić information content (AvgIpc) is 2.73. The number of aliphatic hydroxyl groups is 1. The second-order valence-electron chi connectivity index (χ2n) is 2.49. The average molecular weight is 212 g/mol. The molecule has 0 aliphatic rings. The Bertz CT molecular complexity index is 304. The summed E-state index contributed by atoms with van der Waals surface area (Å²) in [5.41, 5.74) is 0.671. The summed E-state index contributed by atoms with van der Waals surface area (Å²) in [4.78, 5) is 12.8. The predicted molar refractivity (Wildman–Crippen MR) is 58.8 cm³/mol. The molecule has 0 bridgehead atoms. The largest absolute Gasteiger partial charge is 0.396 e. The summed E-state index contributed by atoms with van der Waals surface area (Å²) >= 11 is 0. The lowest BCUT2D eigenvalue weighted by molar-refractivity contribution is -0.426. The third-order valence-electron chi connectivity index (χ3n) is 1.55. The molecule has 0 amide bonds.